The third-order valence-electron chi connectivity index (χ3n) is 4.45. The lowest BCUT2D eigenvalue weighted by Crippen LogP contribution is -2.38. The van der Waals surface area contributed by atoms with Gasteiger partial charge in [0.25, 0.3) is 0 Å². The molecule has 0 saturated carbocycles. The summed E-state index contributed by atoms with van der Waals surface area (Å²) in [7, 11) is -3.13. The molecule has 0 atom stereocenters. The van der Waals surface area contributed by atoms with Gasteiger partial charge in [0.1, 0.15) is 0 Å². The molecule has 0 amide bonds. The topological polar surface area (TPSA) is 73.8 Å². The maximum atomic E-state index is 11.5. The molecule has 1 rings (SSSR count). The van der Waals surface area contributed by atoms with Crippen LogP contribution in [0.1, 0.15) is 39.2 Å². The first kappa shape index (κ1) is 23.4. The van der Waals surface area contributed by atoms with Crippen LogP contribution in [0, 0.1) is 0 Å². The minimum absolute atomic E-state index is 0.360. The number of sulfone groups is 1. The van der Waals surface area contributed by atoms with Crippen molar-refractivity contribution in [2.24, 2.45) is 4.99 Å². The van der Waals surface area contributed by atoms with Crippen LogP contribution in [0.3, 0.4) is 0 Å². The van der Waals surface area contributed by atoms with Gasteiger partial charge < -0.3 is 15.5 Å². The molecule has 27 heavy (non-hydrogen) atoms. The number of hydrogen-bond donors (Lipinski definition) is 2. The van der Waals surface area contributed by atoms with Crippen LogP contribution in [-0.2, 0) is 16.3 Å². The number of unbranched alkanes of at least 4 members (excludes halogenated alkanes) is 1. The second-order valence-electron chi connectivity index (χ2n) is 6.59. The lowest BCUT2D eigenvalue weighted by atomic mass is 10.1. The predicted molar refractivity (Wildman–Crippen MR) is 114 cm³/mol. The zero-order chi connectivity index (χ0) is 20.1. The fourth-order valence-electron chi connectivity index (χ4n) is 2.75. The van der Waals surface area contributed by atoms with Gasteiger partial charge in [-0.25, -0.2) is 8.42 Å². The molecule has 0 saturated heterocycles. The van der Waals surface area contributed by atoms with E-state index in [2.05, 4.69) is 41.3 Å². The number of guanidine groups is 1. The minimum atomic E-state index is -3.13. The summed E-state index contributed by atoms with van der Waals surface area (Å²) in [5.41, 5.74) is 1.10. The molecule has 0 bridgehead atoms. The quantitative estimate of drug-likeness (QED) is 0.322. The van der Waals surface area contributed by atoms with E-state index in [1.165, 1.54) is 6.26 Å². The third kappa shape index (κ3) is 9.77. The number of nitrogens with zero attached hydrogens (tertiary/aromatic N) is 2. The van der Waals surface area contributed by atoms with Gasteiger partial charge in [-0.1, -0.05) is 26.0 Å². The first-order chi connectivity index (χ1) is 12.9. The van der Waals surface area contributed by atoms with Crippen LogP contribution in [0.25, 0.3) is 0 Å². The second-order valence-corrected chi connectivity index (χ2v) is 8.60. The van der Waals surface area contributed by atoms with Gasteiger partial charge in [-0.2, -0.15) is 0 Å². The van der Waals surface area contributed by atoms with E-state index >= 15 is 0 Å². The Kier molecular flexibility index (Phi) is 11.0. The van der Waals surface area contributed by atoms with Gasteiger partial charge in [-0.15, -0.1) is 0 Å². The maximum Gasteiger partial charge on any atom is 0.191 e. The van der Waals surface area contributed by atoms with Crippen molar-refractivity contribution >= 4 is 15.8 Å². The van der Waals surface area contributed by atoms with E-state index in [-0.39, 0.29) is 0 Å². The highest BCUT2D eigenvalue weighted by atomic mass is 32.2. The number of rotatable bonds is 12. The van der Waals surface area contributed by atoms with E-state index in [1.807, 2.05) is 12.1 Å². The van der Waals surface area contributed by atoms with E-state index in [0.29, 0.717) is 4.90 Å². The van der Waals surface area contributed by atoms with E-state index in [0.717, 1.165) is 70.1 Å². The Morgan fingerprint density at radius 3 is 2.26 bits per heavy atom. The van der Waals surface area contributed by atoms with Crippen molar-refractivity contribution in [1.82, 2.24) is 15.5 Å². The van der Waals surface area contributed by atoms with Crippen LogP contribution in [0.5, 0.6) is 0 Å². The van der Waals surface area contributed by atoms with Crippen molar-refractivity contribution in [3.63, 3.8) is 0 Å². The molecule has 0 spiro atoms. The third-order valence-corrected chi connectivity index (χ3v) is 5.58. The van der Waals surface area contributed by atoms with Crippen molar-refractivity contribution in [3.05, 3.63) is 29.8 Å². The number of hydrogen-bond acceptors (Lipinski definition) is 4. The van der Waals surface area contributed by atoms with Crippen LogP contribution in [-0.4, -0.2) is 64.8 Å². The molecule has 6 nitrogen and oxygen atoms in total. The minimum Gasteiger partial charge on any atom is -0.357 e. The SMILES string of the molecule is CCNC(=NCCCCN(CC)CC)NCCc1ccc(S(C)(=O)=O)cc1. The highest BCUT2D eigenvalue weighted by Crippen LogP contribution is 2.10. The molecule has 0 aliphatic carbocycles. The van der Waals surface area contributed by atoms with Crippen molar-refractivity contribution in [2.45, 2.75) is 44.9 Å². The average Bonchev–Trinajstić information content (AvgIpc) is 2.64. The van der Waals surface area contributed by atoms with Gasteiger partial charge in [-0.3, -0.25) is 4.99 Å². The standard InChI is InChI=1S/C20H36N4O2S/c1-5-21-20(22-15-8-9-17-24(6-2)7-3)23-16-14-18-10-12-19(13-11-18)27(4,25)26/h10-13H,5-9,14-17H2,1-4H3,(H2,21,22,23). The molecule has 7 heteroatoms. The van der Waals surface area contributed by atoms with Crippen molar-refractivity contribution in [3.8, 4) is 0 Å². The van der Waals surface area contributed by atoms with E-state index in [9.17, 15) is 8.42 Å². The summed E-state index contributed by atoms with van der Waals surface area (Å²) in [4.78, 5) is 7.43. The zero-order valence-corrected chi connectivity index (χ0v) is 18.1. The highest BCUT2D eigenvalue weighted by molar-refractivity contribution is 7.90. The first-order valence-electron chi connectivity index (χ1n) is 9.94. The normalized spacial score (nSPS) is 12.4. The Morgan fingerprint density at radius 2 is 1.70 bits per heavy atom. The first-order valence-corrected chi connectivity index (χ1v) is 11.8. The van der Waals surface area contributed by atoms with Gasteiger partial charge in [0, 0.05) is 25.9 Å². The molecule has 1 aromatic rings. The summed E-state index contributed by atoms with van der Waals surface area (Å²) < 4.78 is 23.0. The lowest BCUT2D eigenvalue weighted by molar-refractivity contribution is 0.297. The molecule has 154 valence electrons. The summed E-state index contributed by atoms with van der Waals surface area (Å²) in [5, 5.41) is 6.62. The molecule has 0 heterocycles. The smallest absolute Gasteiger partial charge is 0.191 e. The molecule has 1 aromatic carbocycles. The second kappa shape index (κ2) is 12.7. The van der Waals surface area contributed by atoms with Crippen LogP contribution < -0.4 is 10.6 Å². The molecule has 0 radical (unpaired) electrons. The Balaban J connectivity index is 2.39. The van der Waals surface area contributed by atoms with Crippen LogP contribution >= 0.6 is 0 Å². The van der Waals surface area contributed by atoms with Gasteiger partial charge in [-0.05, 0) is 63.5 Å². The molecule has 2 N–H and O–H groups in total. The summed E-state index contributed by atoms with van der Waals surface area (Å²) in [6.07, 6.45) is 4.29. The van der Waals surface area contributed by atoms with Gasteiger partial charge in [0.2, 0.25) is 0 Å². The summed E-state index contributed by atoms with van der Waals surface area (Å²) >= 11 is 0. The predicted octanol–water partition coefficient (Wildman–Crippen LogP) is 2.31. The van der Waals surface area contributed by atoms with Crippen molar-refractivity contribution in [2.75, 3.05) is 45.5 Å². The lowest BCUT2D eigenvalue weighted by Gasteiger charge is -2.17. The zero-order valence-electron chi connectivity index (χ0n) is 17.3. The summed E-state index contributed by atoms with van der Waals surface area (Å²) in [6.45, 7) is 12.2. The fraction of sp³-hybridized carbons (Fsp3) is 0.650. The molecule has 0 fully saturated rings. The van der Waals surface area contributed by atoms with E-state index in [1.54, 1.807) is 12.1 Å². The molecule has 0 aliphatic rings. The van der Waals surface area contributed by atoms with E-state index in [4.69, 9.17) is 0 Å². The van der Waals surface area contributed by atoms with Crippen LogP contribution in [0.15, 0.2) is 34.2 Å². The monoisotopic (exact) mass is 396 g/mol. The molecule has 0 aromatic heterocycles. The maximum absolute atomic E-state index is 11.5. The summed E-state index contributed by atoms with van der Waals surface area (Å²) in [5.74, 6) is 0.841. The number of benzene rings is 1. The Morgan fingerprint density at radius 1 is 1.04 bits per heavy atom. The van der Waals surface area contributed by atoms with Gasteiger partial charge in [0.15, 0.2) is 15.8 Å². The highest BCUT2D eigenvalue weighted by Gasteiger charge is 2.06. The number of nitrogens with one attached hydrogen (secondary N) is 2. The summed E-state index contributed by atoms with van der Waals surface area (Å²) in [6, 6.07) is 7.07. The number of aliphatic imine (C=N–C) groups is 1. The van der Waals surface area contributed by atoms with Crippen molar-refractivity contribution < 1.29 is 8.42 Å². The Bertz CT molecular complexity index is 653. The Hall–Kier alpha value is -1.60. The van der Waals surface area contributed by atoms with Crippen molar-refractivity contribution in [1.29, 1.82) is 0 Å². The van der Waals surface area contributed by atoms with Gasteiger partial charge in [0.05, 0.1) is 4.90 Å². The molecule has 0 aliphatic heterocycles. The molecular formula is C20H36N4O2S. The fourth-order valence-corrected chi connectivity index (χ4v) is 3.38. The van der Waals surface area contributed by atoms with Gasteiger partial charge >= 0.3 is 0 Å². The van der Waals surface area contributed by atoms with E-state index < -0.39 is 9.84 Å². The molecular weight excluding hydrogens is 360 g/mol. The Labute approximate surface area is 165 Å². The van der Waals surface area contributed by atoms with Crippen LogP contribution in [0.4, 0.5) is 0 Å². The average molecular weight is 397 g/mol. The molecule has 0 unspecified atom stereocenters. The largest absolute Gasteiger partial charge is 0.357 e. The van der Waals surface area contributed by atoms with Crippen LogP contribution in [0.2, 0.25) is 0 Å².